The SMILES string of the molecule is COc1ccccc1OCC(=O)Nc1ccc(OC)c(OC2CCCC2)c1. The fraction of sp³-hybridized carbons (Fsp3) is 0.381. The number of hydrogen-bond acceptors (Lipinski definition) is 5. The van der Waals surface area contributed by atoms with E-state index in [-0.39, 0.29) is 18.6 Å². The van der Waals surface area contributed by atoms with Crippen LogP contribution in [-0.4, -0.2) is 32.8 Å². The highest BCUT2D eigenvalue weighted by Gasteiger charge is 2.19. The lowest BCUT2D eigenvalue weighted by atomic mass is 10.2. The first kappa shape index (κ1) is 18.9. The van der Waals surface area contributed by atoms with Crippen molar-refractivity contribution < 1.29 is 23.7 Å². The number of benzene rings is 2. The van der Waals surface area contributed by atoms with Crippen molar-refractivity contribution in [1.29, 1.82) is 0 Å². The zero-order valence-electron chi connectivity index (χ0n) is 15.7. The summed E-state index contributed by atoms with van der Waals surface area (Å²) in [5.41, 5.74) is 0.637. The third-order valence-corrected chi connectivity index (χ3v) is 4.47. The van der Waals surface area contributed by atoms with Crippen LogP contribution in [0.4, 0.5) is 5.69 Å². The number of carbonyl (C=O) groups excluding carboxylic acids is 1. The van der Waals surface area contributed by atoms with Gasteiger partial charge in [0.05, 0.1) is 20.3 Å². The quantitative estimate of drug-likeness (QED) is 0.758. The van der Waals surface area contributed by atoms with E-state index in [1.54, 1.807) is 44.6 Å². The zero-order valence-corrected chi connectivity index (χ0v) is 15.7. The molecule has 144 valence electrons. The van der Waals surface area contributed by atoms with Gasteiger partial charge in [0, 0.05) is 11.8 Å². The maximum atomic E-state index is 12.2. The van der Waals surface area contributed by atoms with Crippen LogP contribution in [0.15, 0.2) is 42.5 Å². The van der Waals surface area contributed by atoms with E-state index in [4.69, 9.17) is 18.9 Å². The summed E-state index contributed by atoms with van der Waals surface area (Å²) in [6.45, 7) is -0.120. The molecule has 0 aromatic heterocycles. The minimum atomic E-state index is -0.266. The lowest BCUT2D eigenvalue weighted by Crippen LogP contribution is -2.20. The monoisotopic (exact) mass is 371 g/mol. The van der Waals surface area contributed by atoms with Gasteiger partial charge in [0.25, 0.3) is 5.91 Å². The van der Waals surface area contributed by atoms with Crippen LogP contribution < -0.4 is 24.3 Å². The molecule has 0 spiro atoms. The lowest BCUT2D eigenvalue weighted by Gasteiger charge is -2.17. The van der Waals surface area contributed by atoms with E-state index < -0.39 is 0 Å². The van der Waals surface area contributed by atoms with Crippen molar-refractivity contribution in [2.45, 2.75) is 31.8 Å². The second-order valence-corrected chi connectivity index (χ2v) is 6.38. The highest BCUT2D eigenvalue weighted by molar-refractivity contribution is 5.92. The predicted molar refractivity (Wildman–Crippen MR) is 103 cm³/mol. The molecule has 3 rings (SSSR count). The fourth-order valence-corrected chi connectivity index (χ4v) is 3.11. The van der Waals surface area contributed by atoms with Crippen LogP contribution in [0.3, 0.4) is 0 Å². The summed E-state index contributed by atoms with van der Waals surface area (Å²) in [4.78, 5) is 12.2. The Balaban J connectivity index is 1.61. The fourth-order valence-electron chi connectivity index (χ4n) is 3.11. The smallest absolute Gasteiger partial charge is 0.262 e. The molecule has 0 aliphatic heterocycles. The first-order valence-electron chi connectivity index (χ1n) is 9.10. The Morgan fingerprint density at radius 2 is 1.63 bits per heavy atom. The Morgan fingerprint density at radius 3 is 2.33 bits per heavy atom. The van der Waals surface area contributed by atoms with Crippen molar-refractivity contribution in [2.24, 2.45) is 0 Å². The molecule has 1 N–H and O–H groups in total. The second-order valence-electron chi connectivity index (χ2n) is 6.38. The summed E-state index contributed by atoms with van der Waals surface area (Å²) in [7, 11) is 3.17. The van der Waals surface area contributed by atoms with Crippen LogP contribution in [0.5, 0.6) is 23.0 Å². The van der Waals surface area contributed by atoms with Gasteiger partial charge in [-0.05, 0) is 49.9 Å². The second kappa shape index (κ2) is 9.16. The highest BCUT2D eigenvalue weighted by atomic mass is 16.5. The van der Waals surface area contributed by atoms with Gasteiger partial charge in [0.15, 0.2) is 29.6 Å². The van der Waals surface area contributed by atoms with Gasteiger partial charge >= 0.3 is 0 Å². The molecule has 0 bridgehead atoms. The number of hydrogen-bond donors (Lipinski definition) is 1. The molecule has 0 heterocycles. The third kappa shape index (κ3) is 5.06. The molecule has 27 heavy (non-hydrogen) atoms. The molecule has 0 unspecified atom stereocenters. The molecule has 6 nitrogen and oxygen atoms in total. The Hall–Kier alpha value is -2.89. The summed E-state index contributed by atoms with van der Waals surface area (Å²) in [6, 6.07) is 12.6. The van der Waals surface area contributed by atoms with Crippen molar-refractivity contribution in [2.75, 3.05) is 26.1 Å². The van der Waals surface area contributed by atoms with Crippen molar-refractivity contribution >= 4 is 11.6 Å². The van der Waals surface area contributed by atoms with E-state index in [0.717, 1.165) is 12.8 Å². The molecule has 1 fully saturated rings. The Kier molecular flexibility index (Phi) is 6.41. The standard InChI is InChI=1S/C21H25NO5/c1-24-17-9-5-6-10-19(17)26-14-21(23)22-15-11-12-18(25-2)20(13-15)27-16-7-3-4-8-16/h5-6,9-13,16H,3-4,7-8,14H2,1-2H3,(H,22,23). The Labute approximate surface area is 159 Å². The van der Waals surface area contributed by atoms with Crippen LogP contribution in [0, 0.1) is 0 Å². The van der Waals surface area contributed by atoms with E-state index >= 15 is 0 Å². The van der Waals surface area contributed by atoms with Crippen molar-refractivity contribution in [3.63, 3.8) is 0 Å². The van der Waals surface area contributed by atoms with Gasteiger partial charge in [-0.25, -0.2) is 0 Å². The summed E-state index contributed by atoms with van der Waals surface area (Å²) < 4.78 is 22.2. The van der Waals surface area contributed by atoms with Gasteiger partial charge in [0.2, 0.25) is 0 Å². The number of carbonyl (C=O) groups is 1. The van der Waals surface area contributed by atoms with E-state index in [9.17, 15) is 4.79 Å². The lowest BCUT2D eigenvalue weighted by molar-refractivity contribution is -0.118. The number of ether oxygens (including phenoxy) is 4. The molecule has 1 aliphatic carbocycles. The average Bonchev–Trinajstić information content (AvgIpc) is 3.20. The molecule has 2 aromatic rings. The molecule has 2 aromatic carbocycles. The van der Waals surface area contributed by atoms with Crippen LogP contribution in [-0.2, 0) is 4.79 Å². The van der Waals surface area contributed by atoms with Crippen LogP contribution in [0.1, 0.15) is 25.7 Å². The molecule has 0 radical (unpaired) electrons. The summed E-state index contributed by atoms with van der Waals surface area (Å²) in [5.74, 6) is 2.15. The largest absolute Gasteiger partial charge is 0.493 e. The number of anilines is 1. The molecular formula is C21H25NO5. The summed E-state index contributed by atoms with van der Waals surface area (Å²) in [5, 5.41) is 2.83. The van der Waals surface area contributed by atoms with Gasteiger partial charge in [-0.3, -0.25) is 4.79 Å². The zero-order chi connectivity index (χ0) is 19.1. The number of rotatable bonds is 8. The highest BCUT2D eigenvalue weighted by Crippen LogP contribution is 2.34. The van der Waals surface area contributed by atoms with Crippen LogP contribution in [0.2, 0.25) is 0 Å². The van der Waals surface area contributed by atoms with Gasteiger partial charge in [-0.1, -0.05) is 12.1 Å². The predicted octanol–water partition coefficient (Wildman–Crippen LogP) is 4.04. The van der Waals surface area contributed by atoms with Crippen molar-refractivity contribution in [3.05, 3.63) is 42.5 Å². The number of methoxy groups -OCH3 is 2. The first-order valence-corrected chi connectivity index (χ1v) is 9.10. The minimum absolute atomic E-state index is 0.120. The van der Waals surface area contributed by atoms with Crippen molar-refractivity contribution in [1.82, 2.24) is 0 Å². The molecule has 0 saturated heterocycles. The summed E-state index contributed by atoms with van der Waals surface area (Å²) >= 11 is 0. The third-order valence-electron chi connectivity index (χ3n) is 4.47. The maximum absolute atomic E-state index is 12.2. The first-order chi connectivity index (χ1) is 13.2. The Bertz CT molecular complexity index is 771. The van der Waals surface area contributed by atoms with Gasteiger partial charge in [0.1, 0.15) is 0 Å². The number of nitrogens with one attached hydrogen (secondary N) is 1. The van der Waals surface area contributed by atoms with Gasteiger partial charge in [-0.2, -0.15) is 0 Å². The van der Waals surface area contributed by atoms with E-state index in [1.807, 2.05) is 12.1 Å². The van der Waals surface area contributed by atoms with E-state index in [0.29, 0.717) is 28.7 Å². The van der Waals surface area contributed by atoms with E-state index in [1.165, 1.54) is 12.8 Å². The molecule has 1 amide bonds. The van der Waals surface area contributed by atoms with Crippen LogP contribution >= 0.6 is 0 Å². The average molecular weight is 371 g/mol. The summed E-state index contributed by atoms with van der Waals surface area (Å²) in [6.07, 6.45) is 4.67. The molecular weight excluding hydrogens is 346 g/mol. The van der Waals surface area contributed by atoms with E-state index in [2.05, 4.69) is 5.32 Å². The topological polar surface area (TPSA) is 66.0 Å². The normalized spacial score (nSPS) is 13.9. The number of para-hydroxylation sites is 2. The minimum Gasteiger partial charge on any atom is -0.493 e. The molecule has 1 aliphatic rings. The van der Waals surface area contributed by atoms with Gasteiger partial charge < -0.3 is 24.3 Å². The Morgan fingerprint density at radius 1 is 0.963 bits per heavy atom. The molecule has 0 atom stereocenters. The molecule has 6 heteroatoms. The molecule has 1 saturated carbocycles. The van der Waals surface area contributed by atoms with Crippen LogP contribution in [0.25, 0.3) is 0 Å². The number of amides is 1. The maximum Gasteiger partial charge on any atom is 0.262 e. The van der Waals surface area contributed by atoms with Crippen molar-refractivity contribution in [3.8, 4) is 23.0 Å². The van der Waals surface area contributed by atoms with Gasteiger partial charge in [-0.15, -0.1) is 0 Å².